The lowest BCUT2D eigenvalue weighted by Gasteiger charge is -2.14. The number of aromatic nitrogens is 4. The predicted molar refractivity (Wildman–Crippen MR) is 77.2 cm³/mol. The second kappa shape index (κ2) is 4.68. The Bertz CT molecular complexity index is 506. The highest BCUT2D eigenvalue weighted by Crippen LogP contribution is 2.24. The number of rotatable bonds is 3. The molecule has 6 heteroatoms. The van der Waals surface area contributed by atoms with Crippen LogP contribution in [0.1, 0.15) is 51.0 Å². The fourth-order valence-corrected chi connectivity index (χ4v) is 2.55. The molecule has 2 heterocycles. The summed E-state index contributed by atoms with van der Waals surface area (Å²) in [5, 5.41) is 11.4. The maximum absolute atomic E-state index is 6.00. The van der Waals surface area contributed by atoms with Crippen LogP contribution in [0.3, 0.4) is 0 Å². The average molecular weight is 279 g/mol. The summed E-state index contributed by atoms with van der Waals surface area (Å²) in [6, 6.07) is 0. The minimum Gasteiger partial charge on any atom is -0.320 e. The third-order valence-electron chi connectivity index (χ3n) is 2.82. The maximum Gasteiger partial charge on any atom is 0.114 e. The molecular weight excluding hydrogens is 258 g/mol. The van der Waals surface area contributed by atoms with Crippen molar-refractivity contribution in [1.82, 2.24) is 20.0 Å². The number of hydrogen-bond donors (Lipinski definition) is 1. The molecule has 19 heavy (non-hydrogen) atoms. The van der Waals surface area contributed by atoms with Crippen LogP contribution in [0.2, 0.25) is 0 Å². The third-order valence-corrected chi connectivity index (χ3v) is 3.65. The van der Waals surface area contributed by atoms with Crippen molar-refractivity contribution in [3.8, 4) is 0 Å². The molecule has 5 nitrogen and oxygen atoms in total. The summed E-state index contributed by atoms with van der Waals surface area (Å²) in [6.07, 6.45) is 1.89. The molecule has 0 aliphatic carbocycles. The zero-order valence-corrected chi connectivity index (χ0v) is 13.0. The fourth-order valence-electron chi connectivity index (χ4n) is 1.54. The standard InChI is InChI=1S/C13H21N5S/c1-12(2,3)10-8-19-11(15-10)7-18-6-9(16-17-18)13(4,5)14/h6,8H,7,14H2,1-5H3. The zero-order valence-electron chi connectivity index (χ0n) is 12.1. The summed E-state index contributed by atoms with van der Waals surface area (Å²) in [5.74, 6) is 0. The third kappa shape index (κ3) is 3.39. The highest BCUT2D eigenvalue weighted by Gasteiger charge is 2.20. The highest BCUT2D eigenvalue weighted by atomic mass is 32.1. The van der Waals surface area contributed by atoms with Crippen LogP contribution in [0.5, 0.6) is 0 Å². The van der Waals surface area contributed by atoms with Crippen LogP contribution in [0, 0.1) is 0 Å². The van der Waals surface area contributed by atoms with Crippen LogP contribution in [0.25, 0.3) is 0 Å². The van der Waals surface area contributed by atoms with Gasteiger partial charge in [-0.1, -0.05) is 26.0 Å². The van der Waals surface area contributed by atoms with E-state index in [1.807, 2.05) is 20.0 Å². The molecule has 0 aliphatic rings. The lowest BCUT2D eigenvalue weighted by atomic mass is 9.93. The number of thiazole rings is 1. The van der Waals surface area contributed by atoms with Gasteiger partial charge in [-0.25, -0.2) is 9.67 Å². The molecule has 2 aromatic heterocycles. The average Bonchev–Trinajstić information content (AvgIpc) is 2.84. The van der Waals surface area contributed by atoms with Gasteiger partial charge in [-0.2, -0.15) is 0 Å². The first-order valence-electron chi connectivity index (χ1n) is 6.30. The van der Waals surface area contributed by atoms with Crippen LogP contribution < -0.4 is 5.73 Å². The van der Waals surface area contributed by atoms with Gasteiger partial charge in [-0.05, 0) is 13.8 Å². The van der Waals surface area contributed by atoms with Crippen LogP contribution in [-0.4, -0.2) is 20.0 Å². The van der Waals surface area contributed by atoms with E-state index in [1.54, 1.807) is 16.0 Å². The molecule has 0 radical (unpaired) electrons. The molecule has 0 atom stereocenters. The van der Waals surface area contributed by atoms with Crippen molar-refractivity contribution in [3.63, 3.8) is 0 Å². The Morgan fingerprint density at radius 3 is 2.37 bits per heavy atom. The van der Waals surface area contributed by atoms with E-state index in [4.69, 9.17) is 5.73 Å². The van der Waals surface area contributed by atoms with E-state index in [1.165, 1.54) is 0 Å². The largest absolute Gasteiger partial charge is 0.320 e. The molecule has 0 saturated carbocycles. The molecule has 0 amide bonds. The van der Waals surface area contributed by atoms with E-state index in [0.717, 1.165) is 16.4 Å². The molecule has 0 aliphatic heterocycles. The quantitative estimate of drug-likeness (QED) is 0.935. The molecule has 2 aromatic rings. The summed E-state index contributed by atoms with van der Waals surface area (Å²) in [6.45, 7) is 11.0. The molecule has 0 saturated heterocycles. The Morgan fingerprint density at radius 2 is 1.89 bits per heavy atom. The Hall–Kier alpha value is -1.27. The van der Waals surface area contributed by atoms with Gasteiger partial charge in [0.05, 0.1) is 24.0 Å². The zero-order chi connectivity index (χ0) is 14.3. The van der Waals surface area contributed by atoms with Gasteiger partial charge in [0.15, 0.2) is 0 Å². The monoisotopic (exact) mass is 279 g/mol. The highest BCUT2D eigenvalue weighted by molar-refractivity contribution is 7.09. The lowest BCUT2D eigenvalue weighted by molar-refractivity contribution is 0.533. The summed E-state index contributed by atoms with van der Waals surface area (Å²) >= 11 is 1.66. The summed E-state index contributed by atoms with van der Waals surface area (Å²) < 4.78 is 1.79. The SMILES string of the molecule is CC(C)(C)c1csc(Cn2cc(C(C)(C)N)nn2)n1. The Kier molecular flexibility index (Phi) is 3.49. The van der Waals surface area contributed by atoms with Gasteiger partial charge in [0.25, 0.3) is 0 Å². The van der Waals surface area contributed by atoms with Crippen molar-refractivity contribution in [2.75, 3.05) is 0 Å². The smallest absolute Gasteiger partial charge is 0.114 e. The Balaban J connectivity index is 2.14. The summed E-state index contributed by atoms with van der Waals surface area (Å²) in [5.41, 5.74) is 7.53. The van der Waals surface area contributed by atoms with Crippen LogP contribution in [0.15, 0.2) is 11.6 Å². The first-order chi connectivity index (χ1) is 8.66. The minimum absolute atomic E-state index is 0.0848. The number of nitrogens with zero attached hydrogens (tertiary/aromatic N) is 4. The second-order valence-corrected chi connectivity index (χ2v) is 7.34. The van der Waals surface area contributed by atoms with Crippen molar-refractivity contribution in [1.29, 1.82) is 0 Å². The molecule has 0 spiro atoms. The van der Waals surface area contributed by atoms with Gasteiger partial charge in [-0.3, -0.25) is 0 Å². The second-order valence-electron chi connectivity index (χ2n) is 6.40. The number of hydrogen-bond acceptors (Lipinski definition) is 5. The van der Waals surface area contributed by atoms with E-state index in [0.29, 0.717) is 6.54 Å². The Labute approximate surface area is 117 Å². The molecule has 0 bridgehead atoms. The van der Waals surface area contributed by atoms with Gasteiger partial charge in [0.2, 0.25) is 0 Å². The number of nitrogens with two attached hydrogens (primary N) is 1. The van der Waals surface area contributed by atoms with Gasteiger partial charge >= 0.3 is 0 Å². The van der Waals surface area contributed by atoms with Gasteiger partial charge in [0, 0.05) is 10.8 Å². The van der Waals surface area contributed by atoms with Crippen molar-refractivity contribution >= 4 is 11.3 Å². The van der Waals surface area contributed by atoms with Gasteiger partial charge < -0.3 is 5.73 Å². The van der Waals surface area contributed by atoms with Crippen molar-refractivity contribution < 1.29 is 0 Å². The van der Waals surface area contributed by atoms with Crippen LogP contribution in [-0.2, 0) is 17.5 Å². The Morgan fingerprint density at radius 1 is 1.21 bits per heavy atom. The fraction of sp³-hybridized carbons (Fsp3) is 0.615. The van der Waals surface area contributed by atoms with E-state index in [2.05, 4.69) is 41.4 Å². The van der Waals surface area contributed by atoms with Crippen molar-refractivity contribution in [3.05, 3.63) is 28.0 Å². The first kappa shape index (κ1) is 14.1. The summed E-state index contributed by atoms with van der Waals surface area (Å²) in [4.78, 5) is 4.65. The molecule has 2 N–H and O–H groups in total. The molecule has 0 unspecified atom stereocenters. The lowest BCUT2D eigenvalue weighted by Crippen LogP contribution is -2.29. The molecule has 0 fully saturated rings. The van der Waals surface area contributed by atoms with E-state index in [-0.39, 0.29) is 5.41 Å². The van der Waals surface area contributed by atoms with Crippen molar-refractivity contribution in [2.45, 2.75) is 52.1 Å². The van der Waals surface area contributed by atoms with E-state index < -0.39 is 5.54 Å². The normalized spacial score (nSPS) is 12.9. The maximum atomic E-state index is 6.00. The predicted octanol–water partition coefficient (Wildman–Crippen LogP) is 2.27. The van der Waals surface area contributed by atoms with Gasteiger partial charge in [-0.15, -0.1) is 16.4 Å². The topological polar surface area (TPSA) is 69.6 Å². The molecule has 104 valence electrons. The van der Waals surface area contributed by atoms with Gasteiger partial charge in [0.1, 0.15) is 10.7 Å². The molecule has 0 aromatic carbocycles. The van der Waals surface area contributed by atoms with E-state index >= 15 is 0 Å². The van der Waals surface area contributed by atoms with E-state index in [9.17, 15) is 0 Å². The van der Waals surface area contributed by atoms with Crippen molar-refractivity contribution in [2.24, 2.45) is 5.73 Å². The van der Waals surface area contributed by atoms with Crippen LogP contribution >= 0.6 is 11.3 Å². The minimum atomic E-state index is -0.461. The van der Waals surface area contributed by atoms with Crippen LogP contribution in [0.4, 0.5) is 0 Å². The molecule has 2 rings (SSSR count). The first-order valence-corrected chi connectivity index (χ1v) is 7.18. The molecular formula is C13H21N5S. The summed E-state index contributed by atoms with van der Waals surface area (Å²) in [7, 11) is 0.